The molecule has 0 heterocycles. The van der Waals surface area contributed by atoms with E-state index in [1.807, 2.05) is 6.07 Å². The van der Waals surface area contributed by atoms with Gasteiger partial charge in [0.2, 0.25) is 0 Å². The zero-order valence-electron chi connectivity index (χ0n) is 9.84. The molecule has 0 saturated heterocycles. The Morgan fingerprint density at radius 2 is 2.00 bits per heavy atom. The van der Waals surface area contributed by atoms with Crippen molar-refractivity contribution in [2.45, 2.75) is 51.0 Å². The molecule has 1 saturated carbocycles. The lowest BCUT2D eigenvalue weighted by molar-refractivity contribution is 0.153. The van der Waals surface area contributed by atoms with Gasteiger partial charge in [0.15, 0.2) is 0 Å². The van der Waals surface area contributed by atoms with Crippen LogP contribution in [-0.4, -0.2) is 6.10 Å². The molecule has 88 valence electrons. The number of benzene rings is 1. The topological polar surface area (TPSA) is 9.23 Å². The van der Waals surface area contributed by atoms with Crippen molar-refractivity contribution in [1.29, 1.82) is 0 Å². The highest BCUT2D eigenvalue weighted by molar-refractivity contribution is 6.17. The third-order valence-electron chi connectivity index (χ3n) is 3.27. The summed E-state index contributed by atoms with van der Waals surface area (Å²) in [5.74, 6) is 1.55. The van der Waals surface area contributed by atoms with Gasteiger partial charge in [0.1, 0.15) is 5.75 Å². The van der Waals surface area contributed by atoms with Crippen LogP contribution in [0.4, 0.5) is 0 Å². The number of hydrogen-bond acceptors (Lipinski definition) is 1. The zero-order valence-corrected chi connectivity index (χ0v) is 10.6. The fourth-order valence-corrected chi connectivity index (χ4v) is 2.55. The second-order valence-corrected chi connectivity index (χ2v) is 4.84. The van der Waals surface area contributed by atoms with Crippen molar-refractivity contribution < 1.29 is 4.74 Å². The molecule has 1 aliphatic carbocycles. The Labute approximate surface area is 103 Å². The Morgan fingerprint density at radius 3 is 2.69 bits per heavy atom. The van der Waals surface area contributed by atoms with Crippen molar-refractivity contribution in [3.05, 3.63) is 29.3 Å². The van der Waals surface area contributed by atoms with Gasteiger partial charge in [0.05, 0.1) is 12.0 Å². The highest BCUT2D eigenvalue weighted by atomic mass is 35.5. The first-order valence-electron chi connectivity index (χ1n) is 6.12. The van der Waals surface area contributed by atoms with Crippen molar-refractivity contribution in [3.63, 3.8) is 0 Å². The molecule has 2 heteroatoms. The highest BCUT2D eigenvalue weighted by Crippen LogP contribution is 2.29. The molecule has 0 N–H and O–H groups in total. The van der Waals surface area contributed by atoms with Crippen molar-refractivity contribution in [3.8, 4) is 5.75 Å². The summed E-state index contributed by atoms with van der Waals surface area (Å²) in [7, 11) is 0. The molecule has 0 radical (unpaired) electrons. The van der Waals surface area contributed by atoms with E-state index in [-0.39, 0.29) is 0 Å². The first kappa shape index (κ1) is 11.8. The van der Waals surface area contributed by atoms with Gasteiger partial charge in [-0.3, -0.25) is 0 Å². The summed E-state index contributed by atoms with van der Waals surface area (Å²) in [5.41, 5.74) is 2.32. The lowest BCUT2D eigenvalue weighted by atomic mass is 9.97. The first-order valence-corrected chi connectivity index (χ1v) is 6.66. The highest BCUT2D eigenvalue weighted by Gasteiger charge is 2.17. The Morgan fingerprint density at radius 1 is 1.25 bits per heavy atom. The van der Waals surface area contributed by atoms with Crippen molar-refractivity contribution in [2.24, 2.45) is 0 Å². The summed E-state index contributed by atoms with van der Waals surface area (Å²) in [6.45, 7) is 2.09. The van der Waals surface area contributed by atoms with E-state index in [4.69, 9.17) is 16.3 Å². The fraction of sp³-hybridized carbons (Fsp3) is 0.571. The van der Waals surface area contributed by atoms with E-state index in [9.17, 15) is 0 Å². The molecule has 0 unspecified atom stereocenters. The molecule has 0 aliphatic heterocycles. The zero-order chi connectivity index (χ0) is 11.4. The predicted octanol–water partition coefficient (Wildman–Crippen LogP) is 4.45. The van der Waals surface area contributed by atoms with Crippen LogP contribution >= 0.6 is 11.6 Å². The molecule has 1 aromatic rings. The standard InChI is InChI=1S/C14H19ClO/c1-11-6-5-7-12(10-15)14(11)16-13-8-3-2-4-9-13/h5-7,13H,2-4,8-10H2,1H3. The summed E-state index contributed by atoms with van der Waals surface area (Å²) in [5, 5.41) is 0. The van der Waals surface area contributed by atoms with E-state index >= 15 is 0 Å². The molecule has 1 aromatic carbocycles. The van der Waals surface area contributed by atoms with Crippen LogP contribution in [0.15, 0.2) is 18.2 Å². The van der Waals surface area contributed by atoms with E-state index in [0.717, 1.165) is 11.3 Å². The minimum Gasteiger partial charge on any atom is -0.490 e. The van der Waals surface area contributed by atoms with Crippen LogP contribution in [-0.2, 0) is 5.88 Å². The number of para-hydroxylation sites is 1. The predicted molar refractivity (Wildman–Crippen MR) is 68.2 cm³/mol. The lowest BCUT2D eigenvalue weighted by Gasteiger charge is -2.25. The minimum absolute atomic E-state index is 0.400. The van der Waals surface area contributed by atoms with E-state index in [2.05, 4.69) is 19.1 Å². The van der Waals surface area contributed by atoms with Crippen LogP contribution < -0.4 is 4.74 Å². The maximum Gasteiger partial charge on any atom is 0.127 e. The van der Waals surface area contributed by atoms with Crippen LogP contribution in [0.25, 0.3) is 0 Å². The number of halogens is 1. The van der Waals surface area contributed by atoms with Crippen molar-refractivity contribution >= 4 is 11.6 Å². The molecule has 1 aliphatic rings. The second kappa shape index (κ2) is 5.58. The van der Waals surface area contributed by atoms with Crippen LogP contribution in [0.3, 0.4) is 0 Å². The van der Waals surface area contributed by atoms with Gasteiger partial charge in [-0.05, 0) is 38.2 Å². The fourth-order valence-electron chi connectivity index (χ4n) is 2.34. The van der Waals surface area contributed by atoms with Gasteiger partial charge in [-0.25, -0.2) is 0 Å². The van der Waals surface area contributed by atoms with Crippen molar-refractivity contribution in [2.75, 3.05) is 0 Å². The smallest absolute Gasteiger partial charge is 0.127 e. The number of hydrogen-bond donors (Lipinski definition) is 0. The van der Waals surface area contributed by atoms with Gasteiger partial charge in [-0.1, -0.05) is 24.6 Å². The van der Waals surface area contributed by atoms with Gasteiger partial charge in [-0.15, -0.1) is 11.6 Å². The Bertz CT molecular complexity index is 343. The van der Waals surface area contributed by atoms with Gasteiger partial charge < -0.3 is 4.74 Å². The van der Waals surface area contributed by atoms with Gasteiger partial charge in [0, 0.05) is 5.56 Å². The van der Waals surface area contributed by atoms with Gasteiger partial charge in [-0.2, -0.15) is 0 Å². The second-order valence-electron chi connectivity index (χ2n) is 4.57. The minimum atomic E-state index is 0.400. The molecule has 1 nitrogen and oxygen atoms in total. The largest absolute Gasteiger partial charge is 0.490 e. The number of aryl methyl sites for hydroxylation is 1. The van der Waals surface area contributed by atoms with E-state index in [1.54, 1.807) is 0 Å². The average Bonchev–Trinajstić information content (AvgIpc) is 2.33. The molecule has 1 fully saturated rings. The summed E-state index contributed by atoms with van der Waals surface area (Å²) in [6.07, 6.45) is 6.73. The number of rotatable bonds is 3. The Kier molecular flexibility index (Phi) is 4.11. The lowest BCUT2D eigenvalue weighted by Crippen LogP contribution is -2.20. The van der Waals surface area contributed by atoms with E-state index in [0.29, 0.717) is 12.0 Å². The molecular weight excluding hydrogens is 220 g/mol. The molecule has 0 atom stereocenters. The van der Waals surface area contributed by atoms with Crippen molar-refractivity contribution in [1.82, 2.24) is 0 Å². The van der Waals surface area contributed by atoms with Gasteiger partial charge >= 0.3 is 0 Å². The average molecular weight is 239 g/mol. The number of ether oxygens (including phenoxy) is 1. The maximum absolute atomic E-state index is 6.12. The summed E-state index contributed by atoms with van der Waals surface area (Å²) < 4.78 is 6.12. The van der Waals surface area contributed by atoms with E-state index in [1.165, 1.54) is 37.7 Å². The third kappa shape index (κ3) is 2.70. The van der Waals surface area contributed by atoms with E-state index < -0.39 is 0 Å². The molecule has 16 heavy (non-hydrogen) atoms. The molecule has 0 bridgehead atoms. The molecule has 0 aromatic heterocycles. The quantitative estimate of drug-likeness (QED) is 0.708. The molecule has 0 amide bonds. The molecular formula is C14H19ClO. The molecule has 2 rings (SSSR count). The SMILES string of the molecule is Cc1cccc(CCl)c1OC1CCCCC1. The van der Waals surface area contributed by atoms with Gasteiger partial charge in [0.25, 0.3) is 0 Å². The summed E-state index contributed by atoms with van der Waals surface area (Å²) in [4.78, 5) is 0. The third-order valence-corrected chi connectivity index (χ3v) is 3.56. The Balaban J connectivity index is 2.12. The Hall–Kier alpha value is -0.690. The summed E-state index contributed by atoms with van der Waals surface area (Å²) in [6, 6.07) is 6.19. The van der Waals surface area contributed by atoms with Crippen LogP contribution in [0.5, 0.6) is 5.75 Å². The first-order chi connectivity index (χ1) is 7.81. The maximum atomic E-state index is 6.12. The van der Waals surface area contributed by atoms with Crippen LogP contribution in [0.2, 0.25) is 0 Å². The van der Waals surface area contributed by atoms with Crippen LogP contribution in [0.1, 0.15) is 43.2 Å². The monoisotopic (exact) mass is 238 g/mol. The summed E-state index contributed by atoms with van der Waals surface area (Å²) >= 11 is 5.94. The normalized spacial score (nSPS) is 17.4. The van der Waals surface area contributed by atoms with Crippen LogP contribution in [0, 0.1) is 6.92 Å². The molecule has 0 spiro atoms. The number of alkyl halides is 1.